The number of halogens is 5. The van der Waals surface area contributed by atoms with Gasteiger partial charge < -0.3 is 0 Å². The molecule has 1 aromatic carbocycles. The van der Waals surface area contributed by atoms with Gasteiger partial charge in [-0.25, -0.2) is 10.9 Å². The molecule has 3 rings (SSSR count). The quantitative estimate of drug-likeness (QED) is 0.662. The molecular weight excluding hydrogens is 366 g/mol. The largest absolute Gasteiger partial charge is 0.417 e. The van der Waals surface area contributed by atoms with Crippen molar-refractivity contribution in [1.82, 2.24) is 26.9 Å². The fraction of sp³-hybridized carbons (Fsp3) is 0.214. The zero-order chi connectivity index (χ0) is 17.3. The number of nitrogens with one attached hydrogen (secondary N) is 4. The number of hydrazine groups is 3. The highest BCUT2D eigenvalue weighted by Gasteiger charge is 2.34. The Morgan fingerprint density at radius 2 is 1.79 bits per heavy atom. The van der Waals surface area contributed by atoms with Crippen LogP contribution in [0.3, 0.4) is 0 Å². The molecule has 2 heterocycles. The first-order chi connectivity index (χ1) is 11.4. The van der Waals surface area contributed by atoms with Crippen molar-refractivity contribution in [3.63, 3.8) is 0 Å². The van der Waals surface area contributed by atoms with E-state index in [0.717, 1.165) is 17.8 Å². The number of benzene rings is 1. The van der Waals surface area contributed by atoms with Gasteiger partial charge in [-0.1, -0.05) is 35.3 Å². The van der Waals surface area contributed by atoms with Crippen LogP contribution in [0, 0.1) is 0 Å². The van der Waals surface area contributed by atoms with E-state index < -0.39 is 23.8 Å². The van der Waals surface area contributed by atoms with Gasteiger partial charge >= 0.3 is 6.18 Å². The fourth-order valence-corrected chi connectivity index (χ4v) is 2.95. The molecule has 0 unspecified atom stereocenters. The summed E-state index contributed by atoms with van der Waals surface area (Å²) < 4.78 is 38.5. The van der Waals surface area contributed by atoms with E-state index in [1.54, 1.807) is 24.3 Å². The molecule has 4 N–H and O–H groups in total. The van der Waals surface area contributed by atoms with Crippen LogP contribution >= 0.6 is 23.2 Å². The molecule has 0 saturated carbocycles. The van der Waals surface area contributed by atoms with Gasteiger partial charge in [-0.3, -0.25) is 4.98 Å². The van der Waals surface area contributed by atoms with Gasteiger partial charge in [0, 0.05) is 11.2 Å². The lowest BCUT2D eigenvalue weighted by Gasteiger charge is -2.24. The fourth-order valence-electron chi connectivity index (χ4n) is 2.47. The molecular formula is C14H12Cl2F3N5. The Hall–Kier alpha value is -1.42. The SMILES string of the molecule is FC(F)(F)c1cnc([C@H](c2cccc(Cl)c2)C2NNNN2)c(Cl)c1. The summed E-state index contributed by atoms with van der Waals surface area (Å²) in [5, 5.41) is 0.421. The van der Waals surface area contributed by atoms with Crippen molar-refractivity contribution in [3.8, 4) is 0 Å². The van der Waals surface area contributed by atoms with Gasteiger partial charge in [-0.05, 0) is 23.8 Å². The van der Waals surface area contributed by atoms with E-state index in [1.807, 2.05) is 0 Å². The second kappa shape index (κ2) is 6.83. The van der Waals surface area contributed by atoms with E-state index in [2.05, 4.69) is 26.9 Å². The first-order valence-corrected chi connectivity index (χ1v) is 7.61. The average Bonchev–Trinajstić information content (AvgIpc) is 3.02. The third-order valence-electron chi connectivity index (χ3n) is 3.55. The van der Waals surface area contributed by atoms with Crippen LogP contribution in [0.4, 0.5) is 13.2 Å². The Balaban J connectivity index is 2.06. The molecule has 1 fully saturated rings. The van der Waals surface area contributed by atoms with Crippen molar-refractivity contribution in [1.29, 1.82) is 0 Å². The molecule has 0 bridgehead atoms. The van der Waals surface area contributed by atoms with Gasteiger partial charge in [0.2, 0.25) is 0 Å². The molecule has 0 aliphatic carbocycles. The lowest BCUT2D eigenvalue weighted by atomic mass is 9.92. The van der Waals surface area contributed by atoms with Crippen LogP contribution in [0.25, 0.3) is 0 Å². The molecule has 1 aromatic heterocycles. The lowest BCUT2D eigenvalue weighted by molar-refractivity contribution is -0.137. The van der Waals surface area contributed by atoms with Crippen molar-refractivity contribution in [3.05, 3.63) is 63.4 Å². The predicted octanol–water partition coefficient (Wildman–Crippen LogP) is 2.98. The topological polar surface area (TPSA) is 61.0 Å². The zero-order valence-electron chi connectivity index (χ0n) is 12.0. The average molecular weight is 378 g/mol. The molecule has 0 spiro atoms. The number of rotatable bonds is 3. The minimum atomic E-state index is -4.51. The van der Waals surface area contributed by atoms with E-state index >= 15 is 0 Å². The highest BCUT2D eigenvalue weighted by atomic mass is 35.5. The molecule has 1 saturated heterocycles. The van der Waals surface area contributed by atoms with Gasteiger partial charge in [0.1, 0.15) is 0 Å². The van der Waals surface area contributed by atoms with Crippen molar-refractivity contribution in [2.24, 2.45) is 0 Å². The molecule has 1 atom stereocenters. The van der Waals surface area contributed by atoms with E-state index in [9.17, 15) is 13.2 Å². The smallest absolute Gasteiger partial charge is 0.258 e. The van der Waals surface area contributed by atoms with Crippen LogP contribution in [0.5, 0.6) is 0 Å². The highest BCUT2D eigenvalue weighted by molar-refractivity contribution is 6.31. The Kier molecular flexibility index (Phi) is 4.95. The Labute approximate surface area is 145 Å². The third-order valence-corrected chi connectivity index (χ3v) is 4.09. The monoisotopic (exact) mass is 377 g/mol. The number of nitrogens with zero attached hydrogens (tertiary/aromatic N) is 1. The van der Waals surface area contributed by atoms with Gasteiger partial charge in [0.25, 0.3) is 0 Å². The van der Waals surface area contributed by atoms with Crippen molar-refractivity contribution in [2.75, 3.05) is 0 Å². The second-order valence-electron chi connectivity index (χ2n) is 5.14. The maximum absolute atomic E-state index is 12.8. The molecule has 2 aromatic rings. The van der Waals surface area contributed by atoms with E-state index in [0.29, 0.717) is 10.7 Å². The van der Waals surface area contributed by atoms with Gasteiger partial charge in [-0.15, -0.1) is 0 Å². The predicted molar refractivity (Wildman–Crippen MR) is 83.9 cm³/mol. The van der Waals surface area contributed by atoms with Crippen LogP contribution in [0.1, 0.15) is 22.7 Å². The van der Waals surface area contributed by atoms with Crippen LogP contribution in [0.15, 0.2) is 36.5 Å². The van der Waals surface area contributed by atoms with Gasteiger partial charge in [0.05, 0.1) is 28.4 Å². The summed E-state index contributed by atoms with van der Waals surface area (Å²) in [6.45, 7) is 0. The maximum atomic E-state index is 12.8. The van der Waals surface area contributed by atoms with E-state index in [1.165, 1.54) is 0 Å². The molecule has 128 valence electrons. The Morgan fingerprint density at radius 1 is 1.08 bits per heavy atom. The van der Waals surface area contributed by atoms with Crippen molar-refractivity contribution in [2.45, 2.75) is 18.3 Å². The van der Waals surface area contributed by atoms with Crippen LogP contribution in [-0.2, 0) is 6.18 Å². The minimum absolute atomic E-state index is 0.0784. The van der Waals surface area contributed by atoms with Crippen molar-refractivity contribution >= 4 is 23.2 Å². The minimum Gasteiger partial charge on any atom is -0.258 e. The third kappa shape index (κ3) is 3.64. The molecule has 1 aliphatic rings. The number of pyridine rings is 1. The summed E-state index contributed by atoms with van der Waals surface area (Å²) in [5.41, 5.74) is 11.3. The molecule has 10 heteroatoms. The maximum Gasteiger partial charge on any atom is 0.417 e. The van der Waals surface area contributed by atoms with Gasteiger partial charge in [0.15, 0.2) is 0 Å². The number of alkyl halides is 3. The summed E-state index contributed by atoms with van der Waals surface area (Å²) in [4.78, 5) is 3.97. The molecule has 1 aliphatic heterocycles. The Bertz CT molecular complexity index is 735. The molecule has 5 nitrogen and oxygen atoms in total. The van der Waals surface area contributed by atoms with Gasteiger partial charge in [-0.2, -0.15) is 24.2 Å². The standard InChI is InChI=1S/C14H12Cl2F3N5/c15-9-3-1-2-7(4-9)11(13-21-23-24-22-13)12-10(16)5-8(6-20-12)14(17,18)19/h1-6,11,13,21-24H/t11-/m0/s1. The summed E-state index contributed by atoms with van der Waals surface area (Å²) >= 11 is 12.1. The normalized spacial score (nSPS) is 17.2. The molecule has 0 radical (unpaired) electrons. The second-order valence-corrected chi connectivity index (χ2v) is 5.98. The lowest BCUT2D eigenvalue weighted by Crippen LogP contribution is -2.40. The first kappa shape index (κ1) is 17.4. The first-order valence-electron chi connectivity index (χ1n) is 6.85. The van der Waals surface area contributed by atoms with Crippen molar-refractivity contribution < 1.29 is 13.2 Å². The molecule has 24 heavy (non-hydrogen) atoms. The number of hydrogen-bond acceptors (Lipinski definition) is 5. The number of aromatic nitrogens is 1. The van der Waals surface area contributed by atoms with E-state index in [4.69, 9.17) is 23.2 Å². The summed E-state index contributed by atoms with van der Waals surface area (Å²) in [5.74, 6) is -0.485. The highest BCUT2D eigenvalue weighted by Crippen LogP contribution is 2.36. The summed E-state index contributed by atoms with van der Waals surface area (Å²) in [6.07, 6.45) is -4.15. The summed E-state index contributed by atoms with van der Waals surface area (Å²) in [6, 6.07) is 7.84. The summed E-state index contributed by atoms with van der Waals surface area (Å²) in [7, 11) is 0. The zero-order valence-corrected chi connectivity index (χ0v) is 13.5. The van der Waals surface area contributed by atoms with Crippen LogP contribution in [0.2, 0.25) is 10.0 Å². The Morgan fingerprint density at radius 3 is 2.38 bits per heavy atom. The van der Waals surface area contributed by atoms with Crippen LogP contribution < -0.4 is 21.9 Å². The van der Waals surface area contributed by atoms with Crippen LogP contribution in [-0.4, -0.2) is 11.1 Å². The van der Waals surface area contributed by atoms with E-state index in [-0.39, 0.29) is 5.02 Å². The number of hydrogen-bond donors (Lipinski definition) is 4. The molecule has 0 amide bonds.